The van der Waals surface area contributed by atoms with Crippen molar-refractivity contribution < 1.29 is 0 Å². The number of nitrogens with zero attached hydrogens (tertiary/aromatic N) is 3. The lowest BCUT2D eigenvalue weighted by molar-refractivity contribution is 0.315. The van der Waals surface area contributed by atoms with Gasteiger partial charge in [0.25, 0.3) is 0 Å². The fourth-order valence-electron chi connectivity index (χ4n) is 2.16. The van der Waals surface area contributed by atoms with Gasteiger partial charge in [0.1, 0.15) is 0 Å². The minimum absolute atomic E-state index is 0.138. The summed E-state index contributed by atoms with van der Waals surface area (Å²) in [5.41, 5.74) is 5.93. The highest BCUT2D eigenvalue weighted by Gasteiger charge is 2.22. The molecular formula is C9H18N6. The number of nitrogens with one attached hydrogen (secondary N) is 2. The molecule has 3 atom stereocenters. The van der Waals surface area contributed by atoms with Crippen LogP contribution in [-0.4, -0.2) is 32.7 Å². The van der Waals surface area contributed by atoms with E-state index in [1.54, 1.807) is 0 Å². The Morgan fingerprint density at radius 1 is 1.53 bits per heavy atom. The number of tetrazole rings is 1. The van der Waals surface area contributed by atoms with Gasteiger partial charge in [0.2, 0.25) is 0 Å². The molecule has 1 aromatic heterocycles. The zero-order chi connectivity index (χ0) is 10.7. The maximum Gasteiger partial charge on any atom is 0.191 e. The Balaban J connectivity index is 1.86. The van der Waals surface area contributed by atoms with Crippen LogP contribution in [0.5, 0.6) is 0 Å². The third kappa shape index (κ3) is 2.73. The molecule has 0 aromatic carbocycles. The van der Waals surface area contributed by atoms with Gasteiger partial charge in [-0.05, 0) is 26.2 Å². The van der Waals surface area contributed by atoms with Crippen LogP contribution in [0.25, 0.3) is 0 Å². The Kier molecular flexibility index (Phi) is 3.27. The highest BCUT2D eigenvalue weighted by atomic mass is 15.5. The van der Waals surface area contributed by atoms with E-state index in [2.05, 4.69) is 25.9 Å². The molecule has 4 N–H and O–H groups in total. The Morgan fingerprint density at radius 2 is 2.40 bits per heavy atom. The number of H-pyrrole nitrogens is 1. The average molecular weight is 210 g/mol. The summed E-state index contributed by atoms with van der Waals surface area (Å²) in [5.74, 6) is 0.717. The molecule has 0 radical (unpaired) electrons. The zero-order valence-corrected chi connectivity index (χ0v) is 8.98. The lowest BCUT2D eigenvalue weighted by Gasteiger charge is -2.29. The van der Waals surface area contributed by atoms with Crippen LogP contribution in [0, 0.1) is 0 Å². The van der Waals surface area contributed by atoms with Crippen LogP contribution in [0.4, 0.5) is 0 Å². The zero-order valence-electron chi connectivity index (χ0n) is 8.98. The minimum Gasteiger partial charge on any atom is -0.328 e. The van der Waals surface area contributed by atoms with Crippen molar-refractivity contribution in [3.63, 3.8) is 0 Å². The molecule has 0 aliphatic heterocycles. The molecule has 1 fully saturated rings. The minimum atomic E-state index is 0.138. The SMILES string of the molecule is CC(NC1CCCC(N)C1)c1nn[nH]n1. The molecule has 1 aliphatic carbocycles. The van der Waals surface area contributed by atoms with E-state index in [0.717, 1.165) is 12.8 Å². The molecule has 1 aliphatic rings. The molecule has 1 heterocycles. The molecule has 15 heavy (non-hydrogen) atoms. The van der Waals surface area contributed by atoms with Crippen molar-refractivity contribution in [2.24, 2.45) is 5.73 Å². The highest BCUT2D eigenvalue weighted by Crippen LogP contribution is 2.19. The Hall–Kier alpha value is -1.01. The van der Waals surface area contributed by atoms with E-state index in [9.17, 15) is 0 Å². The summed E-state index contributed by atoms with van der Waals surface area (Å²) in [4.78, 5) is 0. The first-order chi connectivity index (χ1) is 7.25. The molecular weight excluding hydrogens is 192 g/mol. The number of aromatic nitrogens is 4. The summed E-state index contributed by atoms with van der Waals surface area (Å²) >= 11 is 0. The summed E-state index contributed by atoms with van der Waals surface area (Å²) in [7, 11) is 0. The lowest BCUT2D eigenvalue weighted by Crippen LogP contribution is -2.40. The third-order valence-electron chi connectivity index (χ3n) is 2.95. The van der Waals surface area contributed by atoms with Crippen molar-refractivity contribution >= 4 is 0 Å². The monoisotopic (exact) mass is 210 g/mol. The van der Waals surface area contributed by atoms with E-state index in [1.165, 1.54) is 12.8 Å². The third-order valence-corrected chi connectivity index (χ3v) is 2.95. The smallest absolute Gasteiger partial charge is 0.191 e. The van der Waals surface area contributed by atoms with Crippen LogP contribution >= 0.6 is 0 Å². The number of hydrogen-bond acceptors (Lipinski definition) is 5. The van der Waals surface area contributed by atoms with Gasteiger partial charge in [-0.25, -0.2) is 0 Å². The van der Waals surface area contributed by atoms with E-state index in [4.69, 9.17) is 5.73 Å². The van der Waals surface area contributed by atoms with Gasteiger partial charge < -0.3 is 11.1 Å². The van der Waals surface area contributed by atoms with Gasteiger partial charge in [-0.1, -0.05) is 11.6 Å². The quantitative estimate of drug-likeness (QED) is 0.659. The maximum absolute atomic E-state index is 5.93. The summed E-state index contributed by atoms with van der Waals surface area (Å²) in [5, 5.41) is 17.4. The summed E-state index contributed by atoms with van der Waals surface area (Å²) in [6, 6.07) is 0.968. The van der Waals surface area contributed by atoms with Crippen LogP contribution in [0.2, 0.25) is 0 Å². The Bertz CT molecular complexity index is 285. The second-order valence-electron chi connectivity index (χ2n) is 4.28. The standard InChI is InChI=1S/C9H18N6/c1-6(9-12-14-15-13-9)11-8-4-2-3-7(10)5-8/h6-8,11H,2-5,10H2,1H3,(H,12,13,14,15). The van der Waals surface area contributed by atoms with Crippen molar-refractivity contribution in [1.29, 1.82) is 0 Å². The molecule has 0 spiro atoms. The molecule has 1 aromatic rings. The normalized spacial score (nSPS) is 28.9. The van der Waals surface area contributed by atoms with Crippen LogP contribution in [-0.2, 0) is 0 Å². The second kappa shape index (κ2) is 4.67. The number of aromatic amines is 1. The van der Waals surface area contributed by atoms with Crippen molar-refractivity contribution in [2.45, 2.75) is 50.7 Å². The van der Waals surface area contributed by atoms with Gasteiger partial charge in [-0.15, -0.1) is 10.2 Å². The first-order valence-electron chi connectivity index (χ1n) is 5.50. The molecule has 0 amide bonds. The largest absolute Gasteiger partial charge is 0.328 e. The molecule has 0 saturated heterocycles. The average Bonchev–Trinajstić information content (AvgIpc) is 2.70. The van der Waals surface area contributed by atoms with Crippen molar-refractivity contribution in [2.75, 3.05) is 0 Å². The summed E-state index contributed by atoms with van der Waals surface area (Å²) in [6.45, 7) is 2.05. The number of hydrogen-bond donors (Lipinski definition) is 3. The maximum atomic E-state index is 5.93. The summed E-state index contributed by atoms with van der Waals surface area (Å²) < 4.78 is 0. The van der Waals surface area contributed by atoms with Gasteiger partial charge in [0.15, 0.2) is 5.82 Å². The van der Waals surface area contributed by atoms with Gasteiger partial charge in [0.05, 0.1) is 6.04 Å². The first-order valence-corrected chi connectivity index (χ1v) is 5.50. The van der Waals surface area contributed by atoms with E-state index in [1.807, 2.05) is 6.92 Å². The molecule has 3 unspecified atom stereocenters. The van der Waals surface area contributed by atoms with E-state index < -0.39 is 0 Å². The van der Waals surface area contributed by atoms with E-state index in [-0.39, 0.29) is 6.04 Å². The van der Waals surface area contributed by atoms with Gasteiger partial charge in [-0.2, -0.15) is 5.21 Å². The van der Waals surface area contributed by atoms with Crippen molar-refractivity contribution in [3.05, 3.63) is 5.82 Å². The molecule has 6 nitrogen and oxygen atoms in total. The molecule has 84 valence electrons. The van der Waals surface area contributed by atoms with E-state index >= 15 is 0 Å². The molecule has 6 heteroatoms. The number of nitrogens with two attached hydrogens (primary N) is 1. The van der Waals surface area contributed by atoms with Gasteiger partial charge in [0, 0.05) is 12.1 Å². The van der Waals surface area contributed by atoms with Crippen LogP contribution < -0.4 is 11.1 Å². The molecule has 1 saturated carbocycles. The summed E-state index contributed by atoms with van der Waals surface area (Å²) in [6.07, 6.45) is 4.59. The van der Waals surface area contributed by atoms with E-state index in [0.29, 0.717) is 17.9 Å². The van der Waals surface area contributed by atoms with Crippen molar-refractivity contribution in [3.8, 4) is 0 Å². The predicted molar refractivity (Wildman–Crippen MR) is 56.0 cm³/mol. The Morgan fingerprint density at radius 3 is 3.07 bits per heavy atom. The topological polar surface area (TPSA) is 92.5 Å². The lowest BCUT2D eigenvalue weighted by atomic mass is 9.91. The fraction of sp³-hybridized carbons (Fsp3) is 0.889. The Labute approximate surface area is 89.0 Å². The van der Waals surface area contributed by atoms with Gasteiger partial charge in [-0.3, -0.25) is 0 Å². The van der Waals surface area contributed by atoms with Gasteiger partial charge >= 0.3 is 0 Å². The predicted octanol–water partition coefficient (Wildman–Crippen LogP) is 0.120. The fourth-order valence-corrected chi connectivity index (χ4v) is 2.16. The van der Waals surface area contributed by atoms with Crippen LogP contribution in [0.3, 0.4) is 0 Å². The molecule has 2 rings (SSSR count). The van der Waals surface area contributed by atoms with Crippen molar-refractivity contribution in [1.82, 2.24) is 25.9 Å². The second-order valence-corrected chi connectivity index (χ2v) is 4.28. The van der Waals surface area contributed by atoms with Crippen LogP contribution in [0.15, 0.2) is 0 Å². The first kappa shape index (κ1) is 10.5. The highest BCUT2D eigenvalue weighted by molar-refractivity contribution is 4.90. The van der Waals surface area contributed by atoms with Crippen LogP contribution in [0.1, 0.15) is 44.5 Å². The number of rotatable bonds is 3. The molecule has 0 bridgehead atoms.